The zero-order valence-electron chi connectivity index (χ0n) is 17.9. The molecule has 1 aromatic carbocycles. The highest BCUT2D eigenvalue weighted by atomic mass is 32.1. The molecule has 0 saturated heterocycles. The van der Waals surface area contributed by atoms with Crippen molar-refractivity contribution in [3.05, 3.63) is 67.3 Å². The molecule has 0 bridgehead atoms. The lowest BCUT2D eigenvalue weighted by Gasteiger charge is -2.34. The van der Waals surface area contributed by atoms with Crippen LogP contribution in [-0.4, -0.2) is 37.3 Å². The average molecular weight is 454 g/mol. The number of benzene rings is 1. The first-order valence-electron chi connectivity index (χ1n) is 10.2. The monoisotopic (exact) mass is 453 g/mol. The molecule has 166 valence electrons. The number of hydrogen-bond donors (Lipinski definition) is 3. The van der Waals surface area contributed by atoms with Crippen molar-refractivity contribution in [3.63, 3.8) is 0 Å². The molecule has 0 saturated carbocycles. The van der Waals surface area contributed by atoms with Crippen LogP contribution < -0.4 is 25.1 Å². The van der Waals surface area contributed by atoms with Crippen LogP contribution in [0, 0.1) is 0 Å². The molecule has 3 heterocycles. The smallest absolute Gasteiger partial charge is 0.270 e. The molecule has 0 radical (unpaired) electrons. The molecule has 0 spiro atoms. The number of thiophene rings is 1. The Morgan fingerprint density at radius 3 is 2.38 bits per heavy atom. The van der Waals surface area contributed by atoms with Crippen LogP contribution in [0.15, 0.2) is 45.7 Å². The molecule has 2 aliphatic rings. The normalized spacial score (nSPS) is 19.8. The molecule has 9 heteroatoms. The highest BCUT2D eigenvalue weighted by Crippen LogP contribution is 2.49. The molecule has 0 amide bonds. The predicted molar refractivity (Wildman–Crippen MR) is 121 cm³/mol. The third kappa shape index (κ3) is 3.12. The van der Waals surface area contributed by atoms with Gasteiger partial charge < -0.3 is 19.5 Å². The fraction of sp³-hybridized carbons (Fsp3) is 0.304. The molecule has 0 unspecified atom stereocenters. The van der Waals surface area contributed by atoms with Crippen LogP contribution in [0.3, 0.4) is 0 Å². The lowest BCUT2D eigenvalue weighted by Crippen LogP contribution is -2.31. The first kappa shape index (κ1) is 20.4. The first-order valence-corrected chi connectivity index (χ1v) is 11.1. The Bertz CT molecular complexity index is 1250. The van der Waals surface area contributed by atoms with Crippen molar-refractivity contribution in [1.82, 2.24) is 10.2 Å². The summed E-state index contributed by atoms with van der Waals surface area (Å²) in [7, 11) is 4.62. The predicted octanol–water partition coefficient (Wildman–Crippen LogP) is 3.75. The molecule has 1 aliphatic carbocycles. The van der Waals surface area contributed by atoms with Crippen LogP contribution >= 0.6 is 11.3 Å². The Morgan fingerprint density at radius 1 is 1.00 bits per heavy atom. The van der Waals surface area contributed by atoms with E-state index in [9.17, 15) is 9.59 Å². The van der Waals surface area contributed by atoms with E-state index in [1.807, 2.05) is 11.4 Å². The summed E-state index contributed by atoms with van der Waals surface area (Å²) in [5.74, 6) is 1.56. The second-order valence-electron chi connectivity index (χ2n) is 7.82. The fourth-order valence-electron chi connectivity index (χ4n) is 4.75. The zero-order chi connectivity index (χ0) is 22.4. The van der Waals surface area contributed by atoms with Gasteiger partial charge in [0.05, 0.1) is 26.9 Å². The van der Waals surface area contributed by atoms with Crippen LogP contribution in [0.1, 0.15) is 40.7 Å². The molecule has 8 nitrogen and oxygen atoms in total. The van der Waals surface area contributed by atoms with Crippen LogP contribution in [0.2, 0.25) is 0 Å². The number of methoxy groups -OCH3 is 3. The Balaban J connectivity index is 1.69. The molecule has 2 aromatic heterocycles. The highest BCUT2D eigenvalue weighted by molar-refractivity contribution is 7.10. The summed E-state index contributed by atoms with van der Waals surface area (Å²) in [6.45, 7) is 0. The number of rotatable bonds is 5. The third-order valence-electron chi connectivity index (χ3n) is 6.14. The molecule has 3 aromatic rings. The van der Waals surface area contributed by atoms with Gasteiger partial charge in [0.2, 0.25) is 5.75 Å². The van der Waals surface area contributed by atoms with Gasteiger partial charge in [-0.3, -0.25) is 19.8 Å². The van der Waals surface area contributed by atoms with Gasteiger partial charge in [-0.1, -0.05) is 6.07 Å². The maximum absolute atomic E-state index is 13.5. The van der Waals surface area contributed by atoms with Crippen molar-refractivity contribution in [2.45, 2.75) is 24.7 Å². The van der Waals surface area contributed by atoms with Crippen molar-refractivity contribution >= 4 is 22.9 Å². The average Bonchev–Trinajstić information content (AvgIpc) is 3.47. The summed E-state index contributed by atoms with van der Waals surface area (Å²) in [5.41, 5.74) is 2.38. The molecule has 1 aliphatic heterocycles. The van der Waals surface area contributed by atoms with Gasteiger partial charge >= 0.3 is 0 Å². The summed E-state index contributed by atoms with van der Waals surface area (Å²) >= 11 is 1.66. The number of fused-ring (bicyclic) bond motifs is 1. The number of anilines is 1. The summed E-state index contributed by atoms with van der Waals surface area (Å²) in [4.78, 5) is 27.4. The minimum absolute atomic E-state index is 0.0298. The van der Waals surface area contributed by atoms with E-state index in [1.165, 1.54) is 12.0 Å². The summed E-state index contributed by atoms with van der Waals surface area (Å²) < 4.78 is 16.5. The largest absolute Gasteiger partial charge is 0.493 e. The molecular weight excluding hydrogens is 430 g/mol. The maximum atomic E-state index is 13.5. The second kappa shape index (κ2) is 7.90. The minimum Gasteiger partial charge on any atom is -0.493 e. The van der Waals surface area contributed by atoms with Gasteiger partial charge in [0, 0.05) is 34.4 Å². The number of hydrogen-bond acceptors (Lipinski definition) is 7. The standard InChI is InChI=1S/C23H23N3O5S/c1-29-15-9-12(10-16(30-2)21(15)31-3)18-19-13(24-22-20(18)23(28)26-25-22)7-11(8-14(19)27)17-5-4-6-32-17/h4-6,9-11,18H,7-8H2,1-3H3,(H3,24,25,26,28)/t11-,18-/m0/s1. The van der Waals surface area contributed by atoms with E-state index in [0.29, 0.717) is 47.0 Å². The number of Topliss-reactive ketones (excluding diaryl/α,β-unsaturated/α-hetero) is 1. The van der Waals surface area contributed by atoms with Gasteiger partial charge in [-0.15, -0.1) is 11.3 Å². The quantitative estimate of drug-likeness (QED) is 0.543. The van der Waals surface area contributed by atoms with Crippen molar-refractivity contribution in [1.29, 1.82) is 0 Å². The fourth-order valence-corrected chi connectivity index (χ4v) is 5.58. The number of carbonyl (C=O) groups excluding carboxylic acids is 1. The van der Waals surface area contributed by atoms with E-state index in [0.717, 1.165) is 11.3 Å². The third-order valence-corrected chi connectivity index (χ3v) is 7.18. The lowest BCUT2D eigenvalue weighted by atomic mass is 9.74. The number of carbonyl (C=O) groups is 1. The summed E-state index contributed by atoms with van der Waals surface area (Å²) in [5, 5.41) is 10.9. The Kier molecular flexibility index (Phi) is 5.05. The molecular formula is C23H23N3O5S. The molecule has 5 rings (SSSR count). The minimum atomic E-state index is -0.554. The van der Waals surface area contributed by atoms with E-state index in [4.69, 9.17) is 14.2 Å². The molecule has 32 heavy (non-hydrogen) atoms. The van der Waals surface area contributed by atoms with Crippen LogP contribution in [-0.2, 0) is 4.79 Å². The van der Waals surface area contributed by atoms with Gasteiger partial charge in [0.1, 0.15) is 5.82 Å². The zero-order valence-corrected chi connectivity index (χ0v) is 18.7. The molecule has 3 N–H and O–H groups in total. The number of ether oxygens (including phenoxy) is 3. The van der Waals surface area contributed by atoms with E-state index in [2.05, 4.69) is 21.6 Å². The molecule has 0 fully saturated rings. The Labute approximate surface area is 188 Å². The van der Waals surface area contributed by atoms with Crippen LogP contribution in [0.5, 0.6) is 17.2 Å². The van der Waals surface area contributed by atoms with Crippen molar-refractivity contribution in [2.75, 3.05) is 26.6 Å². The maximum Gasteiger partial charge on any atom is 0.270 e. The van der Waals surface area contributed by atoms with Crippen molar-refractivity contribution in [2.24, 2.45) is 0 Å². The van der Waals surface area contributed by atoms with Gasteiger partial charge in [0.15, 0.2) is 17.3 Å². The number of aromatic amines is 2. The van der Waals surface area contributed by atoms with Gasteiger partial charge in [-0.25, -0.2) is 0 Å². The number of nitrogens with one attached hydrogen (secondary N) is 3. The Morgan fingerprint density at radius 2 is 1.75 bits per heavy atom. The summed E-state index contributed by atoms with van der Waals surface area (Å²) in [6, 6.07) is 7.67. The molecule has 2 atom stereocenters. The highest BCUT2D eigenvalue weighted by Gasteiger charge is 2.41. The van der Waals surface area contributed by atoms with Gasteiger partial charge in [-0.2, -0.15) is 0 Å². The number of ketones is 1. The van der Waals surface area contributed by atoms with Crippen LogP contribution in [0.4, 0.5) is 5.82 Å². The SMILES string of the molecule is COc1cc([C@H]2C3=C(C[C@H](c4cccs4)CC3=O)Nc3[nH][nH]c(=O)c32)cc(OC)c1OC. The van der Waals surface area contributed by atoms with Crippen molar-refractivity contribution in [3.8, 4) is 17.2 Å². The van der Waals surface area contributed by atoms with E-state index >= 15 is 0 Å². The summed E-state index contributed by atoms with van der Waals surface area (Å²) in [6.07, 6.45) is 1.09. The van der Waals surface area contributed by atoms with E-state index in [1.54, 1.807) is 37.7 Å². The lowest BCUT2D eigenvalue weighted by molar-refractivity contribution is -0.116. The topological polar surface area (TPSA) is 105 Å². The van der Waals surface area contributed by atoms with E-state index < -0.39 is 5.92 Å². The number of allylic oxidation sites excluding steroid dienone is 2. The Hall–Kier alpha value is -3.46. The number of H-pyrrole nitrogens is 2. The van der Waals surface area contributed by atoms with Gasteiger partial charge in [-0.05, 0) is 35.6 Å². The van der Waals surface area contributed by atoms with Crippen LogP contribution in [0.25, 0.3) is 0 Å². The van der Waals surface area contributed by atoms with E-state index in [-0.39, 0.29) is 17.3 Å². The second-order valence-corrected chi connectivity index (χ2v) is 8.80. The number of aromatic nitrogens is 2. The van der Waals surface area contributed by atoms with Gasteiger partial charge in [0.25, 0.3) is 5.56 Å². The van der Waals surface area contributed by atoms with Crippen molar-refractivity contribution < 1.29 is 19.0 Å². The first-order chi connectivity index (χ1) is 15.5.